The molecule has 0 bridgehead atoms. The largest absolute Gasteiger partial charge is 0.325 e. The molecule has 3 rings (SSSR count). The van der Waals surface area contributed by atoms with Gasteiger partial charge in [-0.2, -0.15) is 4.68 Å². The molecule has 0 saturated heterocycles. The Bertz CT molecular complexity index is 1050. The molecule has 2 aromatic carbocycles. The van der Waals surface area contributed by atoms with Gasteiger partial charge in [0.1, 0.15) is 5.82 Å². The average Bonchev–Trinajstić information content (AvgIpc) is 3.15. The summed E-state index contributed by atoms with van der Waals surface area (Å²) in [6.07, 6.45) is 0. The molecule has 0 spiro atoms. The predicted molar refractivity (Wildman–Crippen MR) is 114 cm³/mol. The van der Waals surface area contributed by atoms with Crippen molar-refractivity contribution in [3.05, 3.63) is 59.7 Å². The standard InChI is InChI=1S/C20H21FN6O2S/c1-12-4-6-15(7-5-12)22-19(28)11-30-13(2)20(29)23-18-10-16(8-9-17(18)21)27-14(3)24-25-26-27/h4-10,13H,11H2,1-3H3,(H,22,28)(H,23,29). The number of aryl methyl sites for hydroxylation is 2. The number of thioether (sulfide) groups is 1. The molecule has 1 unspecified atom stereocenters. The fourth-order valence-electron chi connectivity index (χ4n) is 2.56. The van der Waals surface area contributed by atoms with Crippen LogP contribution in [0.15, 0.2) is 42.5 Å². The monoisotopic (exact) mass is 428 g/mol. The molecule has 0 aliphatic rings. The van der Waals surface area contributed by atoms with Crippen LogP contribution in [0.3, 0.4) is 0 Å². The smallest absolute Gasteiger partial charge is 0.237 e. The van der Waals surface area contributed by atoms with Gasteiger partial charge in [-0.1, -0.05) is 17.7 Å². The van der Waals surface area contributed by atoms with Crippen molar-refractivity contribution >= 4 is 35.0 Å². The molecule has 8 nitrogen and oxygen atoms in total. The highest BCUT2D eigenvalue weighted by molar-refractivity contribution is 8.01. The van der Waals surface area contributed by atoms with E-state index in [0.717, 1.165) is 17.3 Å². The number of hydrogen-bond acceptors (Lipinski definition) is 6. The summed E-state index contributed by atoms with van der Waals surface area (Å²) in [6, 6.07) is 11.6. The number of benzene rings is 2. The quantitative estimate of drug-likeness (QED) is 0.600. The molecule has 2 N–H and O–H groups in total. The minimum absolute atomic E-state index is 0.0176. The number of anilines is 2. The summed E-state index contributed by atoms with van der Waals surface area (Å²) >= 11 is 1.16. The molecule has 2 amide bonds. The van der Waals surface area contributed by atoms with E-state index in [9.17, 15) is 14.0 Å². The second kappa shape index (κ2) is 9.49. The first-order chi connectivity index (χ1) is 14.3. The number of amides is 2. The van der Waals surface area contributed by atoms with E-state index < -0.39 is 17.0 Å². The average molecular weight is 428 g/mol. The lowest BCUT2D eigenvalue weighted by Crippen LogP contribution is -2.25. The summed E-state index contributed by atoms with van der Waals surface area (Å²) in [4.78, 5) is 24.6. The first-order valence-corrected chi connectivity index (χ1v) is 10.2. The summed E-state index contributed by atoms with van der Waals surface area (Å²) in [5.74, 6) is -0.581. The van der Waals surface area contributed by atoms with Gasteiger partial charge in [0.15, 0.2) is 5.82 Å². The van der Waals surface area contributed by atoms with E-state index in [1.165, 1.54) is 22.9 Å². The van der Waals surface area contributed by atoms with Crippen LogP contribution >= 0.6 is 11.8 Å². The van der Waals surface area contributed by atoms with Gasteiger partial charge in [-0.15, -0.1) is 16.9 Å². The number of rotatable bonds is 7. The number of nitrogens with zero attached hydrogens (tertiary/aromatic N) is 4. The minimum atomic E-state index is -0.577. The summed E-state index contributed by atoms with van der Waals surface area (Å²) in [5, 5.41) is 16.0. The molecule has 1 heterocycles. The first-order valence-electron chi connectivity index (χ1n) is 9.17. The molecule has 1 aromatic heterocycles. The highest BCUT2D eigenvalue weighted by atomic mass is 32.2. The Morgan fingerprint density at radius 1 is 1.13 bits per heavy atom. The van der Waals surface area contributed by atoms with Crippen LogP contribution in [0.5, 0.6) is 0 Å². The highest BCUT2D eigenvalue weighted by Gasteiger charge is 2.18. The molecule has 3 aromatic rings. The molecule has 0 aliphatic carbocycles. The van der Waals surface area contributed by atoms with E-state index in [4.69, 9.17) is 0 Å². The summed E-state index contributed by atoms with van der Waals surface area (Å²) in [5.41, 5.74) is 2.33. The van der Waals surface area contributed by atoms with Crippen molar-refractivity contribution < 1.29 is 14.0 Å². The minimum Gasteiger partial charge on any atom is -0.325 e. The molecule has 0 saturated carbocycles. The van der Waals surface area contributed by atoms with Gasteiger partial charge in [-0.3, -0.25) is 9.59 Å². The van der Waals surface area contributed by atoms with Crippen LogP contribution in [0, 0.1) is 19.7 Å². The van der Waals surface area contributed by atoms with E-state index in [0.29, 0.717) is 17.2 Å². The van der Waals surface area contributed by atoms with E-state index in [1.54, 1.807) is 13.8 Å². The zero-order valence-electron chi connectivity index (χ0n) is 16.7. The van der Waals surface area contributed by atoms with Crippen molar-refractivity contribution in [1.29, 1.82) is 0 Å². The number of carbonyl (C=O) groups excluding carboxylic acids is 2. The summed E-state index contributed by atoms with van der Waals surface area (Å²) in [7, 11) is 0. The Balaban J connectivity index is 1.57. The summed E-state index contributed by atoms with van der Waals surface area (Å²) < 4.78 is 15.6. The maximum absolute atomic E-state index is 14.2. The number of carbonyl (C=O) groups is 2. The third-order valence-corrected chi connectivity index (χ3v) is 5.39. The third kappa shape index (κ3) is 5.41. The maximum atomic E-state index is 14.2. The predicted octanol–water partition coefficient (Wildman–Crippen LogP) is 3.12. The molecule has 0 aliphatic heterocycles. The van der Waals surface area contributed by atoms with Gasteiger partial charge < -0.3 is 10.6 Å². The lowest BCUT2D eigenvalue weighted by Gasteiger charge is -2.13. The van der Waals surface area contributed by atoms with Crippen molar-refractivity contribution in [2.24, 2.45) is 0 Å². The van der Waals surface area contributed by atoms with Gasteiger partial charge >= 0.3 is 0 Å². The van der Waals surface area contributed by atoms with E-state index in [2.05, 4.69) is 26.2 Å². The SMILES string of the molecule is Cc1ccc(NC(=O)CSC(C)C(=O)Nc2cc(-n3nnnc3C)ccc2F)cc1. The van der Waals surface area contributed by atoms with Crippen LogP contribution in [-0.4, -0.2) is 43.0 Å². The maximum Gasteiger partial charge on any atom is 0.237 e. The van der Waals surface area contributed by atoms with Crippen molar-refractivity contribution in [3.8, 4) is 5.69 Å². The van der Waals surface area contributed by atoms with Crippen molar-refractivity contribution in [1.82, 2.24) is 20.2 Å². The zero-order valence-corrected chi connectivity index (χ0v) is 17.5. The Labute approximate surface area is 177 Å². The molecule has 30 heavy (non-hydrogen) atoms. The van der Waals surface area contributed by atoms with Crippen molar-refractivity contribution in [2.75, 3.05) is 16.4 Å². The number of aromatic nitrogens is 4. The lowest BCUT2D eigenvalue weighted by atomic mass is 10.2. The molecule has 0 radical (unpaired) electrons. The van der Waals surface area contributed by atoms with Crippen LogP contribution in [0.2, 0.25) is 0 Å². The normalized spacial score (nSPS) is 11.7. The van der Waals surface area contributed by atoms with E-state index >= 15 is 0 Å². The fraction of sp³-hybridized carbons (Fsp3) is 0.250. The van der Waals surface area contributed by atoms with Gasteiger partial charge in [-0.05, 0) is 61.5 Å². The Morgan fingerprint density at radius 2 is 1.87 bits per heavy atom. The second-order valence-corrected chi connectivity index (χ2v) is 7.99. The number of nitrogens with one attached hydrogen (secondary N) is 2. The topological polar surface area (TPSA) is 102 Å². The molecular weight excluding hydrogens is 407 g/mol. The van der Waals surface area contributed by atoms with Gasteiger partial charge in [0.05, 0.1) is 22.4 Å². The lowest BCUT2D eigenvalue weighted by molar-refractivity contribution is -0.115. The van der Waals surface area contributed by atoms with Gasteiger partial charge in [0.25, 0.3) is 0 Å². The number of hydrogen-bond donors (Lipinski definition) is 2. The third-order valence-electron chi connectivity index (χ3n) is 4.25. The Hall–Kier alpha value is -3.27. The van der Waals surface area contributed by atoms with Crippen LogP contribution in [0.25, 0.3) is 5.69 Å². The zero-order chi connectivity index (χ0) is 21.7. The molecule has 10 heteroatoms. The van der Waals surface area contributed by atoms with Gasteiger partial charge in [-0.25, -0.2) is 4.39 Å². The molecular formula is C20H21FN6O2S. The number of halogens is 1. The van der Waals surface area contributed by atoms with Crippen LogP contribution in [-0.2, 0) is 9.59 Å². The number of tetrazole rings is 1. The van der Waals surface area contributed by atoms with E-state index in [1.807, 2.05) is 31.2 Å². The van der Waals surface area contributed by atoms with Crippen LogP contribution in [0.4, 0.5) is 15.8 Å². The second-order valence-electron chi connectivity index (χ2n) is 6.66. The Kier molecular flexibility index (Phi) is 6.78. The van der Waals surface area contributed by atoms with Crippen LogP contribution in [0.1, 0.15) is 18.3 Å². The molecule has 0 fully saturated rings. The fourth-order valence-corrected chi connectivity index (χ4v) is 3.24. The van der Waals surface area contributed by atoms with Crippen LogP contribution < -0.4 is 10.6 Å². The van der Waals surface area contributed by atoms with Gasteiger partial charge in [0, 0.05) is 5.69 Å². The highest BCUT2D eigenvalue weighted by Crippen LogP contribution is 2.21. The molecule has 156 valence electrons. The molecule has 1 atom stereocenters. The van der Waals surface area contributed by atoms with Crippen molar-refractivity contribution in [3.63, 3.8) is 0 Å². The van der Waals surface area contributed by atoms with Gasteiger partial charge in [0.2, 0.25) is 11.8 Å². The Morgan fingerprint density at radius 3 is 2.53 bits per heavy atom. The van der Waals surface area contributed by atoms with E-state index in [-0.39, 0.29) is 17.3 Å². The van der Waals surface area contributed by atoms with Crippen molar-refractivity contribution in [2.45, 2.75) is 26.0 Å². The first kappa shape index (κ1) is 21.4. The summed E-state index contributed by atoms with van der Waals surface area (Å²) in [6.45, 7) is 5.33.